The van der Waals surface area contributed by atoms with Gasteiger partial charge in [-0.25, -0.2) is 4.98 Å². The lowest BCUT2D eigenvalue weighted by atomic mass is 10.1. The quantitative estimate of drug-likeness (QED) is 0.670. The molecule has 0 spiro atoms. The molecule has 0 N–H and O–H groups in total. The molecule has 0 atom stereocenters. The predicted molar refractivity (Wildman–Crippen MR) is 74.4 cm³/mol. The summed E-state index contributed by atoms with van der Waals surface area (Å²) in [7, 11) is 0. The van der Waals surface area contributed by atoms with Crippen LogP contribution >= 0.6 is 0 Å². The molecule has 0 fully saturated rings. The molecule has 1 aromatic heterocycles. The Labute approximate surface area is 115 Å². The van der Waals surface area contributed by atoms with E-state index in [1.807, 2.05) is 12.1 Å². The summed E-state index contributed by atoms with van der Waals surface area (Å²) in [5.74, 6) is 0. The van der Waals surface area contributed by atoms with Gasteiger partial charge in [0.2, 0.25) is 0 Å². The Morgan fingerprint density at radius 1 is 0.800 bits per heavy atom. The summed E-state index contributed by atoms with van der Waals surface area (Å²) in [6.07, 6.45) is 1.67. The van der Waals surface area contributed by atoms with Crippen molar-refractivity contribution in [1.82, 2.24) is 9.97 Å². The van der Waals surface area contributed by atoms with Gasteiger partial charge in [-0.1, -0.05) is 12.1 Å². The van der Waals surface area contributed by atoms with Gasteiger partial charge >= 0.3 is 0 Å². The maximum absolute atomic E-state index is 8.85. The van der Waals surface area contributed by atoms with Gasteiger partial charge in [0.1, 0.15) is 0 Å². The molecule has 3 rings (SSSR count). The van der Waals surface area contributed by atoms with Crippen molar-refractivity contribution in [2.45, 2.75) is 0 Å². The van der Waals surface area contributed by atoms with Crippen LogP contribution in [-0.2, 0) is 0 Å². The lowest BCUT2D eigenvalue weighted by molar-refractivity contribution is 1.29. The molecule has 1 heterocycles. The van der Waals surface area contributed by atoms with Crippen molar-refractivity contribution in [3.8, 4) is 23.4 Å². The standard InChI is InChI=1S/C16H8N4/c17-8-11-1-4-13(5-2-11)16-10-19-15-7-12(9-18)3-6-14(15)20-16/h1-7,10H. The Morgan fingerprint density at radius 2 is 1.50 bits per heavy atom. The normalized spacial score (nSPS) is 9.90. The first-order chi connectivity index (χ1) is 9.80. The molecule has 92 valence electrons. The first-order valence-electron chi connectivity index (χ1n) is 5.97. The van der Waals surface area contributed by atoms with Crippen LogP contribution in [0.3, 0.4) is 0 Å². The van der Waals surface area contributed by atoms with E-state index in [-0.39, 0.29) is 0 Å². The van der Waals surface area contributed by atoms with Gasteiger partial charge in [0.25, 0.3) is 0 Å². The Kier molecular flexibility index (Phi) is 2.84. The third-order valence-electron chi connectivity index (χ3n) is 2.98. The van der Waals surface area contributed by atoms with Gasteiger partial charge in [-0.15, -0.1) is 0 Å². The molecule has 0 bridgehead atoms. The van der Waals surface area contributed by atoms with Crippen molar-refractivity contribution in [3.63, 3.8) is 0 Å². The van der Waals surface area contributed by atoms with E-state index in [9.17, 15) is 0 Å². The van der Waals surface area contributed by atoms with E-state index in [2.05, 4.69) is 22.1 Å². The average molecular weight is 256 g/mol. The molecule has 0 aliphatic carbocycles. The van der Waals surface area contributed by atoms with E-state index in [4.69, 9.17) is 10.5 Å². The maximum atomic E-state index is 8.85. The maximum Gasteiger partial charge on any atom is 0.0992 e. The van der Waals surface area contributed by atoms with Gasteiger partial charge in [-0.2, -0.15) is 10.5 Å². The van der Waals surface area contributed by atoms with Crippen molar-refractivity contribution in [2.75, 3.05) is 0 Å². The predicted octanol–water partition coefficient (Wildman–Crippen LogP) is 3.04. The summed E-state index contributed by atoms with van der Waals surface area (Å²) in [5.41, 5.74) is 4.26. The highest BCUT2D eigenvalue weighted by atomic mass is 14.8. The zero-order valence-electron chi connectivity index (χ0n) is 10.4. The minimum absolute atomic E-state index is 0.568. The number of nitriles is 2. The lowest BCUT2D eigenvalue weighted by Crippen LogP contribution is -1.89. The van der Waals surface area contributed by atoms with E-state index in [0.29, 0.717) is 16.6 Å². The van der Waals surface area contributed by atoms with Crippen molar-refractivity contribution in [3.05, 3.63) is 59.8 Å². The van der Waals surface area contributed by atoms with Crippen LogP contribution in [0.15, 0.2) is 48.7 Å². The third kappa shape index (κ3) is 2.07. The van der Waals surface area contributed by atoms with Gasteiger partial charge in [0.15, 0.2) is 0 Å². The van der Waals surface area contributed by atoms with Crippen LogP contribution in [0.25, 0.3) is 22.3 Å². The highest BCUT2D eigenvalue weighted by Gasteiger charge is 2.04. The molecule has 0 saturated carbocycles. The Morgan fingerprint density at radius 3 is 2.20 bits per heavy atom. The highest BCUT2D eigenvalue weighted by Crippen LogP contribution is 2.20. The molecule has 2 aromatic carbocycles. The van der Waals surface area contributed by atoms with Crippen LogP contribution in [0.4, 0.5) is 0 Å². The number of rotatable bonds is 1. The SMILES string of the molecule is N#Cc1ccc(-c2cnc3cc(C#N)ccc3n2)cc1. The van der Waals surface area contributed by atoms with Gasteiger partial charge in [0.05, 0.1) is 46.2 Å². The number of fused-ring (bicyclic) bond motifs is 1. The number of hydrogen-bond acceptors (Lipinski definition) is 4. The first-order valence-corrected chi connectivity index (χ1v) is 5.97. The third-order valence-corrected chi connectivity index (χ3v) is 2.98. The molecule has 0 radical (unpaired) electrons. The summed E-state index contributed by atoms with van der Waals surface area (Å²) < 4.78 is 0. The van der Waals surface area contributed by atoms with E-state index in [1.54, 1.807) is 36.5 Å². The molecule has 0 saturated heterocycles. The number of nitrogens with zero attached hydrogens (tertiary/aromatic N) is 4. The minimum Gasteiger partial charge on any atom is -0.252 e. The molecule has 3 aromatic rings. The van der Waals surface area contributed by atoms with E-state index in [1.165, 1.54) is 0 Å². The number of benzene rings is 2. The van der Waals surface area contributed by atoms with Gasteiger partial charge < -0.3 is 0 Å². The summed E-state index contributed by atoms with van der Waals surface area (Å²) in [6.45, 7) is 0. The molecule has 4 heteroatoms. The number of aromatic nitrogens is 2. The van der Waals surface area contributed by atoms with E-state index < -0.39 is 0 Å². The molecule has 0 amide bonds. The van der Waals surface area contributed by atoms with Crippen molar-refractivity contribution >= 4 is 11.0 Å². The van der Waals surface area contributed by atoms with Crippen LogP contribution in [0.1, 0.15) is 11.1 Å². The van der Waals surface area contributed by atoms with E-state index >= 15 is 0 Å². The Balaban J connectivity index is 2.08. The summed E-state index contributed by atoms with van der Waals surface area (Å²) in [4.78, 5) is 8.85. The second-order valence-electron chi connectivity index (χ2n) is 4.26. The van der Waals surface area contributed by atoms with Crippen molar-refractivity contribution in [2.24, 2.45) is 0 Å². The molecular weight excluding hydrogens is 248 g/mol. The molecule has 0 aliphatic heterocycles. The lowest BCUT2D eigenvalue weighted by Gasteiger charge is -2.03. The van der Waals surface area contributed by atoms with Gasteiger partial charge in [-0.05, 0) is 30.3 Å². The van der Waals surface area contributed by atoms with Crippen LogP contribution in [0, 0.1) is 22.7 Å². The monoisotopic (exact) mass is 256 g/mol. The van der Waals surface area contributed by atoms with Crippen molar-refractivity contribution in [1.29, 1.82) is 10.5 Å². The fourth-order valence-electron chi connectivity index (χ4n) is 1.93. The molecule has 4 nitrogen and oxygen atoms in total. The second-order valence-corrected chi connectivity index (χ2v) is 4.26. The minimum atomic E-state index is 0.568. The smallest absolute Gasteiger partial charge is 0.0992 e. The summed E-state index contributed by atoms with van der Waals surface area (Å²) >= 11 is 0. The van der Waals surface area contributed by atoms with Crippen LogP contribution in [0.5, 0.6) is 0 Å². The molecule has 0 aliphatic rings. The van der Waals surface area contributed by atoms with Gasteiger partial charge in [0, 0.05) is 5.56 Å². The average Bonchev–Trinajstić information content (AvgIpc) is 2.54. The number of hydrogen-bond donors (Lipinski definition) is 0. The second kappa shape index (κ2) is 4.79. The fourth-order valence-corrected chi connectivity index (χ4v) is 1.93. The summed E-state index contributed by atoms with van der Waals surface area (Å²) in [6, 6.07) is 16.6. The molecule has 20 heavy (non-hydrogen) atoms. The van der Waals surface area contributed by atoms with Crippen LogP contribution in [-0.4, -0.2) is 9.97 Å². The van der Waals surface area contributed by atoms with Crippen LogP contribution in [0.2, 0.25) is 0 Å². The van der Waals surface area contributed by atoms with E-state index in [0.717, 1.165) is 16.8 Å². The zero-order chi connectivity index (χ0) is 13.9. The van der Waals surface area contributed by atoms with Gasteiger partial charge in [-0.3, -0.25) is 4.98 Å². The summed E-state index contributed by atoms with van der Waals surface area (Å²) in [5, 5.41) is 17.6. The molecule has 0 unspecified atom stereocenters. The fraction of sp³-hybridized carbons (Fsp3) is 0. The highest BCUT2D eigenvalue weighted by molar-refractivity contribution is 5.78. The topological polar surface area (TPSA) is 73.4 Å². The molecular formula is C16H8N4. The van der Waals surface area contributed by atoms with Crippen LogP contribution < -0.4 is 0 Å². The Bertz CT molecular complexity index is 868. The largest absolute Gasteiger partial charge is 0.252 e. The zero-order valence-corrected chi connectivity index (χ0v) is 10.4. The first kappa shape index (κ1) is 11.8. The Hall–Kier alpha value is -3.24. The van der Waals surface area contributed by atoms with Crippen molar-refractivity contribution < 1.29 is 0 Å².